The van der Waals surface area contributed by atoms with Gasteiger partial charge in [0.15, 0.2) is 0 Å². The smallest absolute Gasteiger partial charge is 0.326 e. The summed E-state index contributed by atoms with van der Waals surface area (Å²) in [7, 11) is 0. The summed E-state index contributed by atoms with van der Waals surface area (Å²) in [6.45, 7) is 5.03. The number of rotatable bonds is 7. The van der Waals surface area contributed by atoms with Crippen LogP contribution in [0, 0.1) is 5.92 Å². The van der Waals surface area contributed by atoms with Crippen molar-refractivity contribution in [3.05, 3.63) is 22.4 Å². The third kappa shape index (κ3) is 3.80. The first-order valence-corrected chi connectivity index (χ1v) is 7.96. The molecule has 1 N–H and O–H groups in total. The van der Waals surface area contributed by atoms with Gasteiger partial charge in [0.05, 0.1) is 6.61 Å². The molecule has 1 atom stereocenters. The fourth-order valence-corrected chi connectivity index (χ4v) is 3.13. The summed E-state index contributed by atoms with van der Waals surface area (Å²) in [6.07, 6.45) is 4.68. The van der Waals surface area contributed by atoms with Gasteiger partial charge in [-0.25, -0.2) is 0 Å². The van der Waals surface area contributed by atoms with Gasteiger partial charge in [-0.05, 0) is 37.6 Å². The molecule has 0 saturated heterocycles. The number of hydrogen-bond acceptors (Lipinski definition) is 4. The van der Waals surface area contributed by atoms with Gasteiger partial charge in [0.25, 0.3) is 0 Å². The van der Waals surface area contributed by atoms with Crippen molar-refractivity contribution in [1.29, 1.82) is 0 Å². The average Bonchev–Trinajstić information content (AvgIpc) is 2.85. The molecule has 2 rings (SSSR count). The maximum Gasteiger partial charge on any atom is 0.326 e. The van der Waals surface area contributed by atoms with Crippen molar-refractivity contribution in [2.45, 2.75) is 51.6 Å². The van der Waals surface area contributed by atoms with E-state index >= 15 is 0 Å². The van der Waals surface area contributed by atoms with Gasteiger partial charge in [-0.2, -0.15) is 0 Å². The SMILES string of the molecule is CCOC(=O)C(C)(CC1CCC1)NCc1cccs1. The first kappa shape index (κ1) is 14.5. The Morgan fingerprint density at radius 2 is 2.37 bits per heavy atom. The van der Waals surface area contributed by atoms with E-state index in [-0.39, 0.29) is 5.97 Å². The van der Waals surface area contributed by atoms with E-state index in [9.17, 15) is 4.79 Å². The molecule has 1 saturated carbocycles. The molecule has 3 nitrogen and oxygen atoms in total. The summed E-state index contributed by atoms with van der Waals surface area (Å²) < 4.78 is 5.25. The molecule has 1 unspecified atom stereocenters. The summed E-state index contributed by atoms with van der Waals surface area (Å²) in [4.78, 5) is 13.5. The third-order valence-corrected chi connectivity index (χ3v) is 4.76. The van der Waals surface area contributed by atoms with Crippen LogP contribution in [0.2, 0.25) is 0 Å². The van der Waals surface area contributed by atoms with Crippen LogP contribution < -0.4 is 5.32 Å². The summed E-state index contributed by atoms with van der Waals surface area (Å²) in [5, 5.41) is 5.48. The lowest BCUT2D eigenvalue weighted by Crippen LogP contribution is -2.51. The zero-order chi connectivity index (χ0) is 13.7. The zero-order valence-corrected chi connectivity index (χ0v) is 12.6. The van der Waals surface area contributed by atoms with E-state index in [4.69, 9.17) is 4.74 Å². The highest BCUT2D eigenvalue weighted by Crippen LogP contribution is 2.34. The van der Waals surface area contributed by atoms with Crippen molar-refractivity contribution < 1.29 is 9.53 Å². The molecule has 0 radical (unpaired) electrons. The number of thiophene rings is 1. The summed E-state index contributed by atoms with van der Waals surface area (Å²) in [6, 6.07) is 4.13. The van der Waals surface area contributed by atoms with E-state index in [2.05, 4.69) is 16.8 Å². The molecule has 0 amide bonds. The maximum atomic E-state index is 12.2. The van der Waals surface area contributed by atoms with Gasteiger partial charge in [0, 0.05) is 11.4 Å². The molecule has 19 heavy (non-hydrogen) atoms. The van der Waals surface area contributed by atoms with Crippen LogP contribution >= 0.6 is 11.3 Å². The monoisotopic (exact) mass is 281 g/mol. The van der Waals surface area contributed by atoms with Gasteiger partial charge >= 0.3 is 5.97 Å². The molecule has 1 fully saturated rings. The van der Waals surface area contributed by atoms with Crippen LogP contribution in [0.4, 0.5) is 0 Å². The van der Waals surface area contributed by atoms with E-state index in [0.717, 1.165) is 13.0 Å². The molecule has 106 valence electrons. The Morgan fingerprint density at radius 3 is 2.89 bits per heavy atom. The second-order valence-electron chi connectivity index (χ2n) is 5.49. The van der Waals surface area contributed by atoms with Crippen LogP contribution in [0.5, 0.6) is 0 Å². The summed E-state index contributed by atoms with van der Waals surface area (Å²) in [5.41, 5.74) is -0.551. The molecule has 1 aliphatic carbocycles. The van der Waals surface area contributed by atoms with Gasteiger partial charge in [0.1, 0.15) is 5.54 Å². The van der Waals surface area contributed by atoms with Gasteiger partial charge in [-0.1, -0.05) is 25.3 Å². The molecule has 0 aliphatic heterocycles. The lowest BCUT2D eigenvalue weighted by atomic mass is 9.76. The Kier molecular flexibility index (Phi) is 4.99. The number of hydrogen-bond donors (Lipinski definition) is 1. The van der Waals surface area contributed by atoms with Crippen molar-refractivity contribution in [2.75, 3.05) is 6.61 Å². The van der Waals surface area contributed by atoms with E-state index in [1.165, 1.54) is 24.1 Å². The predicted molar refractivity (Wildman–Crippen MR) is 78.2 cm³/mol. The van der Waals surface area contributed by atoms with Crippen LogP contribution in [0.1, 0.15) is 44.4 Å². The van der Waals surface area contributed by atoms with Crippen LogP contribution in [0.3, 0.4) is 0 Å². The molecule has 1 aliphatic rings. The molecule has 1 aromatic heterocycles. The van der Waals surface area contributed by atoms with E-state index in [1.54, 1.807) is 11.3 Å². The second-order valence-corrected chi connectivity index (χ2v) is 6.52. The van der Waals surface area contributed by atoms with Gasteiger partial charge in [-0.3, -0.25) is 10.1 Å². The normalized spacial score (nSPS) is 18.6. The van der Waals surface area contributed by atoms with Crippen LogP contribution in [0.25, 0.3) is 0 Å². The van der Waals surface area contributed by atoms with E-state index in [0.29, 0.717) is 12.5 Å². The Morgan fingerprint density at radius 1 is 1.58 bits per heavy atom. The first-order valence-electron chi connectivity index (χ1n) is 7.08. The molecule has 1 heterocycles. The minimum absolute atomic E-state index is 0.113. The van der Waals surface area contributed by atoms with Crippen molar-refractivity contribution in [3.8, 4) is 0 Å². The number of nitrogens with one attached hydrogen (secondary N) is 1. The number of ether oxygens (including phenoxy) is 1. The first-order chi connectivity index (χ1) is 9.14. The average molecular weight is 281 g/mol. The van der Waals surface area contributed by atoms with Crippen molar-refractivity contribution >= 4 is 17.3 Å². The lowest BCUT2D eigenvalue weighted by Gasteiger charge is -2.35. The lowest BCUT2D eigenvalue weighted by molar-refractivity contribution is -0.151. The van der Waals surface area contributed by atoms with Crippen molar-refractivity contribution in [1.82, 2.24) is 5.32 Å². The van der Waals surface area contributed by atoms with Gasteiger partial charge in [0.2, 0.25) is 0 Å². The van der Waals surface area contributed by atoms with Gasteiger partial charge in [-0.15, -0.1) is 11.3 Å². The Hall–Kier alpha value is -0.870. The van der Waals surface area contributed by atoms with Crippen LogP contribution in [0.15, 0.2) is 17.5 Å². The largest absolute Gasteiger partial charge is 0.465 e. The molecule has 0 aromatic carbocycles. The zero-order valence-electron chi connectivity index (χ0n) is 11.8. The standard InChI is InChI=1S/C15H23NO2S/c1-3-18-14(17)15(2,10-12-6-4-7-12)16-11-13-8-5-9-19-13/h5,8-9,12,16H,3-4,6-7,10-11H2,1-2H3. The highest BCUT2D eigenvalue weighted by atomic mass is 32.1. The van der Waals surface area contributed by atoms with E-state index < -0.39 is 5.54 Å². The Labute approximate surface area is 119 Å². The molecular formula is C15H23NO2S. The minimum Gasteiger partial charge on any atom is -0.465 e. The highest BCUT2D eigenvalue weighted by Gasteiger charge is 2.38. The number of carbonyl (C=O) groups is 1. The van der Waals surface area contributed by atoms with Crippen molar-refractivity contribution in [3.63, 3.8) is 0 Å². The fourth-order valence-electron chi connectivity index (χ4n) is 2.49. The highest BCUT2D eigenvalue weighted by molar-refractivity contribution is 7.09. The second kappa shape index (κ2) is 6.53. The fraction of sp³-hybridized carbons (Fsp3) is 0.667. The molecule has 4 heteroatoms. The molecule has 0 bridgehead atoms. The maximum absolute atomic E-state index is 12.2. The van der Waals surface area contributed by atoms with Crippen LogP contribution in [-0.2, 0) is 16.1 Å². The number of carbonyl (C=O) groups excluding carboxylic acids is 1. The van der Waals surface area contributed by atoms with E-state index in [1.807, 2.05) is 19.9 Å². The third-order valence-electron chi connectivity index (χ3n) is 3.88. The minimum atomic E-state index is -0.551. The quantitative estimate of drug-likeness (QED) is 0.779. The summed E-state index contributed by atoms with van der Waals surface area (Å²) in [5.74, 6) is 0.559. The molecule has 0 spiro atoms. The van der Waals surface area contributed by atoms with Crippen LogP contribution in [-0.4, -0.2) is 18.1 Å². The Bertz CT molecular complexity index is 400. The molecule has 1 aromatic rings. The topological polar surface area (TPSA) is 38.3 Å². The molecular weight excluding hydrogens is 258 g/mol. The predicted octanol–water partition coefficient (Wildman–Crippen LogP) is 3.35. The Balaban J connectivity index is 1.97. The van der Waals surface area contributed by atoms with Gasteiger partial charge < -0.3 is 4.74 Å². The summed E-state index contributed by atoms with van der Waals surface area (Å²) >= 11 is 1.71. The van der Waals surface area contributed by atoms with Crippen molar-refractivity contribution in [2.24, 2.45) is 5.92 Å². The number of esters is 1.